The minimum absolute atomic E-state index is 0.971. The average Bonchev–Trinajstić information content (AvgIpc) is 2.67. The van der Waals surface area contributed by atoms with Gasteiger partial charge in [-0.15, -0.1) is 0 Å². The Kier molecular flexibility index (Phi) is 3.91. The monoisotopic (exact) mass is 307 g/mol. The zero-order valence-corrected chi connectivity index (χ0v) is 13.3. The molecule has 4 aromatic rings. The first kappa shape index (κ1) is 14.4. The van der Waals surface area contributed by atoms with Gasteiger partial charge in [0.15, 0.2) is 0 Å². The summed E-state index contributed by atoms with van der Waals surface area (Å²) in [7, 11) is 0. The largest absolute Gasteiger partial charge is 0.256 e. The predicted octanol–water partition coefficient (Wildman–Crippen LogP) is 6.26. The van der Waals surface area contributed by atoms with Crippen LogP contribution in [0.1, 0.15) is 5.56 Å². The van der Waals surface area contributed by atoms with Gasteiger partial charge in [0.2, 0.25) is 0 Å². The van der Waals surface area contributed by atoms with E-state index in [1.165, 1.54) is 21.9 Å². The van der Waals surface area contributed by atoms with Crippen molar-refractivity contribution in [1.29, 1.82) is 0 Å². The van der Waals surface area contributed by atoms with E-state index < -0.39 is 0 Å². The van der Waals surface area contributed by atoms with Gasteiger partial charge < -0.3 is 0 Å². The molecule has 0 aliphatic heterocycles. The van der Waals surface area contributed by atoms with E-state index in [0.29, 0.717) is 0 Å². The lowest BCUT2D eigenvalue weighted by Gasteiger charge is -2.05. The van der Waals surface area contributed by atoms with Crippen molar-refractivity contribution in [2.75, 3.05) is 0 Å². The molecule has 0 aromatic heterocycles. The molecule has 0 unspecified atom stereocenters. The van der Waals surface area contributed by atoms with Gasteiger partial charge in [0, 0.05) is 6.21 Å². The van der Waals surface area contributed by atoms with Crippen molar-refractivity contribution in [3.05, 3.63) is 103 Å². The van der Waals surface area contributed by atoms with Crippen LogP contribution in [0.3, 0.4) is 0 Å². The summed E-state index contributed by atoms with van der Waals surface area (Å²) in [5.41, 5.74) is 4.56. The van der Waals surface area contributed by atoms with Crippen LogP contribution in [0.25, 0.3) is 21.9 Å². The van der Waals surface area contributed by atoms with Crippen molar-refractivity contribution in [3.8, 4) is 11.1 Å². The highest BCUT2D eigenvalue weighted by molar-refractivity contribution is 5.90. The molecule has 1 nitrogen and oxygen atoms in total. The van der Waals surface area contributed by atoms with Crippen LogP contribution < -0.4 is 0 Å². The molecular weight excluding hydrogens is 290 g/mol. The zero-order chi connectivity index (χ0) is 16.2. The van der Waals surface area contributed by atoms with Crippen molar-refractivity contribution in [2.24, 2.45) is 4.99 Å². The van der Waals surface area contributed by atoms with Gasteiger partial charge in [0.05, 0.1) is 5.69 Å². The molecule has 4 aromatic carbocycles. The summed E-state index contributed by atoms with van der Waals surface area (Å²) in [5.74, 6) is 0. The van der Waals surface area contributed by atoms with Gasteiger partial charge in [-0.05, 0) is 45.7 Å². The minimum Gasteiger partial charge on any atom is -0.256 e. The third-order valence-electron chi connectivity index (χ3n) is 4.09. The predicted molar refractivity (Wildman–Crippen MR) is 103 cm³/mol. The third kappa shape index (κ3) is 3.11. The minimum atomic E-state index is 0.971. The lowest BCUT2D eigenvalue weighted by Crippen LogP contribution is -1.80. The lowest BCUT2D eigenvalue weighted by atomic mass is 10.0. The Morgan fingerprint density at radius 2 is 1.21 bits per heavy atom. The molecule has 0 aliphatic rings. The Balaban J connectivity index is 1.66. The first-order valence-corrected chi connectivity index (χ1v) is 8.07. The molecule has 0 radical (unpaired) electrons. The van der Waals surface area contributed by atoms with Crippen LogP contribution in [-0.4, -0.2) is 6.21 Å². The number of hydrogen-bond donors (Lipinski definition) is 0. The first-order valence-electron chi connectivity index (χ1n) is 8.07. The van der Waals surface area contributed by atoms with Crippen molar-refractivity contribution in [3.63, 3.8) is 0 Å². The van der Waals surface area contributed by atoms with E-state index in [1.807, 2.05) is 30.5 Å². The number of rotatable bonds is 3. The Hall–Kier alpha value is -3.19. The van der Waals surface area contributed by atoms with E-state index in [0.717, 1.165) is 11.3 Å². The van der Waals surface area contributed by atoms with E-state index in [4.69, 9.17) is 0 Å². The highest BCUT2D eigenvalue weighted by Crippen LogP contribution is 2.27. The van der Waals surface area contributed by atoms with Gasteiger partial charge in [0.25, 0.3) is 0 Å². The smallest absolute Gasteiger partial charge is 0.0636 e. The maximum Gasteiger partial charge on any atom is 0.0636 e. The third-order valence-corrected chi connectivity index (χ3v) is 4.09. The van der Waals surface area contributed by atoms with Gasteiger partial charge in [-0.25, -0.2) is 0 Å². The second kappa shape index (κ2) is 6.51. The second-order valence-electron chi connectivity index (χ2n) is 5.78. The molecule has 0 aliphatic carbocycles. The quantitative estimate of drug-likeness (QED) is 0.396. The Bertz CT molecular complexity index is 986. The second-order valence-corrected chi connectivity index (χ2v) is 5.78. The molecule has 0 saturated heterocycles. The van der Waals surface area contributed by atoms with Crippen LogP contribution in [0.5, 0.6) is 0 Å². The molecule has 4 rings (SSSR count). The fourth-order valence-electron chi connectivity index (χ4n) is 2.81. The molecule has 0 spiro atoms. The standard InChI is InChI=1S/C23H17N/c1-3-7-18(8-4-1)17-24-23-14-13-21-15-20(11-12-22(21)16-23)19-9-5-2-6-10-19/h1-17H. The molecular formula is C23H17N. The van der Waals surface area contributed by atoms with Crippen LogP contribution in [-0.2, 0) is 0 Å². The van der Waals surface area contributed by atoms with E-state index in [9.17, 15) is 0 Å². The summed E-state index contributed by atoms with van der Waals surface area (Å²) >= 11 is 0. The lowest BCUT2D eigenvalue weighted by molar-refractivity contribution is 1.54. The molecule has 0 amide bonds. The van der Waals surface area contributed by atoms with Gasteiger partial charge in [0.1, 0.15) is 0 Å². The zero-order valence-electron chi connectivity index (χ0n) is 13.3. The first-order chi connectivity index (χ1) is 11.9. The van der Waals surface area contributed by atoms with Gasteiger partial charge >= 0.3 is 0 Å². The summed E-state index contributed by atoms with van der Waals surface area (Å²) in [5, 5.41) is 2.44. The summed E-state index contributed by atoms with van der Waals surface area (Å²) in [6, 6.07) is 33.5. The van der Waals surface area contributed by atoms with Gasteiger partial charge in [-0.1, -0.05) is 78.9 Å². The van der Waals surface area contributed by atoms with E-state index in [2.05, 4.69) is 77.8 Å². The maximum absolute atomic E-state index is 4.58. The van der Waals surface area contributed by atoms with E-state index in [-0.39, 0.29) is 0 Å². The molecule has 0 N–H and O–H groups in total. The summed E-state index contributed by atoms with van der Waals surface area (Å²) in [6.07, 6.45) is 1.90. The molecule has 0 atom stereocenters. The fraction of sp³-hybridized carbons (Fsp3) is 0. The Labute approximate surface area is 141 Å². The van der Waals surface area contributed by atoms with Crippen molar-refractivity contribution in [1.82, 2.24) is 0 Å². The van der Waals surface area contributed by atoms with E-state index >= 15 is 0 Å². The molecule has 0 bridgehead atoms. The molecule has 0 saturated carbocycles. The average molecular weight is 307 g/mol. The van der Waals surface area contributed by atoms with Crippen LogP contribution in [0, 0.1) is 0 Å². The SMILES string of the molecule is C(=Nc1ccc2cc(-c3ccccc3)ccc2c1)c1ccccc1. The van der Waals surface area contributed by atoms with E-state index in [1.54, 1.807) is 0 Å². The fourth-order valence-corrected chi connectivity index (χ4v) is 2.81. The molecule has 114 valence electrons. The highest BCUT2D eigenvalue weighted by Gasteiger charge is 2.00. The normalized spacial score (nSPS) is 11.2. The summed E-state index contributed by atoms with van der Waals surface area (Å²) < 4.78 is 0. The molecule has 0 fully saturated rings. The van der Waals surface area contributed by atoms with Gasteiger partial charge in [-0.2, -0.15) is 0 Å². The van der Waals surface area contributed by atoms with Gasteiger partial charge in [-0.3, -0.25) is 4.99 Å². The van der Waals surface area contributed by atoms with Crippen LogP contribution in [0.15, 0.2) is 102 Å². The number of nitrogens with zero attached hydrogens (tertiary/aromatic N) is 1. The van der Waals surface area contributed by atoms with Crippen LogP contribution in [0.2, 0.25) is 0 Å². The molecule has 0 heterocycles. The van der Waals surface area contributed by atoms with Crippen molar-refractivity contribution >= 4 is 22.7 Å². The number of fused-ring (bicyclic) bond motifs is 1. The van der Waals surface area contributed by atoms with Crippen LogP contribution >= 0.6 is 0 Å². The number of benzene rings is 4. The van der Waals surface area contributed by atoms with Crippen molar-refractivity contribution in [2.45, 2.75) is 0 Å². The Morgan fingerprint density at radius 1 is 0.542 bits per heavy atom. The summed E-state index contributed by atoms with van der Waals surface area (Å²) in [6.45, 7) is 0. The van der Waals surface area contributed by atoms with Crippen LogP contribution in [0.4, 0.5) is 5.69 Å². The number of aliphatic imine (C=N–C) groups is 1. The highest BCUT2D eigenvalue weighted by atomic mass is 14.7. The summed E-state index contributed by atoms with van der Waals surface area (Å²) in [4.78, 5) is 4.58. The number of hydrogen-bond acceptors (Lipinski definition) is 1. The Morgan fingerprint density at radius 3 is 2.00 bits per heavy atom. The maximum atomic E-state index is 4.58. The topological polar surface area (TPSA) is 12.4 Å². The van der Waals surface area contributed by atoms with Crippen molar-refractivity contribution < 1.29 is 0 Å². The molecule has 1 heteroatoms. The molecule has 24 heavy (non-hydrogen) atoms.